The van der Waals surface area contributed by atoms with Gasteiger partial charge in [-0.25, -0.2) is 0 Å². The van der Waals surface area contributed by atoms with Crippen molar-refractivity contribution >= 4 is 0 Å². The summed E-state index contributed by atoms with van der Waals surface area (Å²) in [5.74, 6) is 0.819. The Morgan fingerprint density at radius 3 is 2.71 bits per heavy atom. The van der Waals surface area contributed by atoms with Crippen molar-refractivity contribution in [2.45, 2.75) is 40.3 Å². The molecule has 0 amide bonds. The first-order valence-corrected chi connectivity index (χ1v) is 7.52. The van der Waals surface area contributed by atoms with Crippen molar-refractivity contribution in [2.75, 3.05) is 6.54 Å². The van der Waals surface area contributed by atoms with Crippen LogP contribution in [-0.2, 0) is 6.54 Å². The fourth-order valence-electron chi connectivity index (χ4n) is 2.26. The zero-order valence-electron chi connectivity index (χ0n) is 13.3. The molecule has 0 aliphatic rings. The third kappa shape index (κ3) is 4.30. The lowest BCUT2D eigenvalue weighted by molar-refractivity contribution is 0.241. The van der Waals surface area contributed by atoms with Gasteiger partial charge < -0.3 is 10.1 Å². The van der Waals surface area contributed by atoms with Crippen LogP contribution in [0.15, 0.2) is 36.7 Å². The summed E-state index contributed by atoms with van der Waals surface area (Å²) >= 11 is 0. The number of pyridine rings is 1. The quantitative estimate of drug-likeness (QED) is 0.872. The minimum absolute atomic E-state index is 0.156. The third-order valence-corrected chi connectivity index (χ3v) is 3.28. The van der Waals surface area contributed by atoms with E-state index in [-0.39, 0.29) is 6.10 Å². The largest absolute Gasteiger partial charge is 0.489 e. The molecule has 0 fully saturated rings. The number of hydrogen-bond donors (Lipinski definition) is 1. The van der Waals surface area contributed by atoms with E-state index in [4.69, 9.17) is 4.74 Å². The van der Waals surface area contributed by atoms with Gasteiger partial charge in [-0.1, -0.05) is 19.1 Å². The maximum absolute atomic E-state index is 5.74. The van der Waals surface area contributed by atoms with E-state index < -0.39 is 0 Å². The second-order valence-electron chi connectivity index (χ2n) is 5.51. The van der Waals surface area contributed by atoms with E-state index in [2.05, 4.69) is 48.4 Å². The first kappa shape index (κ1) is 15.5. The fraction of sp³-hybridized carbons (Fsp3) is 0.389. The molecular weight excluding hydrogens is 260 g/mol. The second-order valence-corrected chi connectivity index (χ2v) is 5.51. The molecule has 2 rings (SSSR count). The highest BCUT2D eigenvalue weighted by Gasteiger charge is 2.06. The summed E-state index contributed by atoms with van der Waals surface area (Å²) in [4.78, 5) is 4.31. The summed E-state index contributed by atoms with van der Waals surface area (Å²) in [6, 6.07) is 8.63. The normalized spacial score (nSPS) is 10.9. The Kier molecular flexibility index (Phi) is 5.34. The highest BCUT2D eigenvalue weighted by atomic mass is 16.5. The van der Waals surface area contributed by atoms with Crippen LogP contribution in [-0.4, -0.2) is 17.6 Å². The highest BCUT2D eigenvalue weighted by Crippen LogP contribution is 2.27. The number of aromatic nitrogens is 1. The van der Waals surface area contributed by atoms with E-state index in [1.54, 1.807) is 6.20 Å². The molecule has 0 saturated heterocycles. The first-order chi connectivity index (χ1) is 10.1. The fourth-order valence-corrected chi connectivity index (χ4v) is 2.26. The van der Waals surface area contributed by atoms with Crippen molar-refractivity contribution in [3.05, 3.63) is 47.8 Å². The van der Waals surface area contributed by atoms with Crippen LogP contribution in [0.3, 0.4) is 0 Å². The van der Waals surface area contributed by atoms with E-state index in [0.717, 1.165) is 24.4 Å². The van der Waals surface area contributed by atoms with Crippen molar-refractivity contribution in [3.63, 3.8) is 0 Å². The molecule has 3 heteroatoms. The van der Waals surface area contributed by atoms with Gasteiger partial charge in [0.1, 0.15) is 5.75 Å². The monoisotopic (exact) mass is 284 g/mol. The summed E-state index contributed by atoms with van der Waals surface area (Å²) < 4.78 is 5.74. The van der Waals surface area contributed by atoms with Gasteiger partial charge in [-0.05, 0) is 56.1 Å². The van der Waals surface area contributed by atoms with Crippen molar-refractivity contribution in [2.24, 2.45) is 0 Å². The van der Waals surface area contributed by atoms with Gasteiger partial charge in [-0.2, -0.15) is 0 Å². The first-order valence-electron chi connectivity index (χ1n) is 7.52. The number of aryl methyl sites for hydroxylation is 1. The zero-order chi connectivity index (χ0) is 15.2. The molecule has 112 valence electrons. The van der Waals surface area contributed by atoms with Crippen LogP contribution in [0, 0.1) is 6.92 Å². The van der Waals surface area contributed by atoms with E-state index in [1.165, 1.54) is 16.7 Å². The van der Waals surface area contributed by atoms with Gasteiger partial charge in [0.15, 0.2) is 0 Å². The third-order valence-electron chi connectivity index (χ3n) is 3.28. The molecule has 0 spiro atoms. The van der Waals surface area contributed by atoms with Gasteiger partial charge in [-0.3, -0.25) is 4.98 Å². The average molecular weight is 284 g/mol. The molecule has 1 N–H and O–H groups in total. The Morgan fingerprint density at radius 2 is 2.00 bits per heavy atom. The SMILES string of the molecule is CCNCc1ccc(C)c(-c2cncc(OC(C)C)c2)c1. The predicted octanol–water partition coefficient (Wildman–Crippen LogP) is 3.95. The van der Waals surface area contributed by atoms with Crippen molar-refractivity contribution in [1.29, 1.82) is 0 Å². The number of rotatable bonds is 6. The van der Waals surface area contributed by atoms with Crippen LogP contribution in [0.2, 0.25) is 0 Å². The Morgan fingerprint density at radius 1 is 1.19 bits per heavy atom. The smallest absolute Gasteiger partial charge is 0.138 e. The van der Waals surface area contributed by atoms with E-state index in [9.17, 15) is 0 Å². The highest BCUT2D eigenvalue weighted by molar-refractivity contribution is 5.68. The van der Waals surface area contributed by atoms with E-state index in [1.807, 2.05) is 20.0 Å². The molecule has 1 heterocycles. The summed E-state index contributed by atoms with van der Waals surface area (Å²) in [6.07, 6.45) is 3.82. The van der Waals surface area contributed by atoms with Gasteiger partial charge in [0.2, 0.25) is 0 Å². The Bertz CT molecular complexity index is 594. The van der Waals surface area contributed by atoms with E-state index >= 15 is 0 Å². The minimum atomic E-state index is 0.156. The van der Waals surface area contributed by atoms with Crippen LogP contribution >= 0.6 is 0 Å². The Hall–Kier alpha value is -1.87. The molecule has 0 bridgehead atoms. The molecule has 1 aromatic carbocycles. The van der Waals surface area contributed by atoms with Gasteiger partial charge in [0.05, 0.1) is 12.3 Å². The molecule has 0 radical (unpaired) electrons. The van der Waals surface area contributed by atoms with Gasteiger partial charge >= 0.3 is 0 Å². The van der Waals surface area contributed by atoms with Crippen molar-refractivity contribution < 1.29 is 4.74 Å². The van der Waals surface area contributed by atoms with Crippen molar-refractivity contribution in [1.82, 2.24) is 10.3 Å². The molecule has 3 nitrogen and oxygen atoms in total. The molecule has 21 heavy (non-hydrogen) atoms. The lowest BCUT2D eigenvalue weighted by Crippen LogP contribution is -2.11. The lowest BCUT2D eigenvalue weighted by Gasteiger charge is -2.13. The zero-order valence-corrected chi connectivity index (χ0v) is 13.3. The number of nitrogens with one attached hydrogen (secondary N) is 1. The van der Waals surface area contributed by atoms with E-state index in [0.29, 0.717) is 0 Å². The predicted molar refractivity (Wildman–Crippen MR) is 87.6 cm³/mol. The van der Waals surface area contributed by atoms with Crippen LogP contribution in [0.1, 0.15) is 31.9 Å². The molecule has 0 atom stereocenters. The summed E-state index contributed by atoms with van der Waals surface area (Å²) in [5, 5.41) is 3.36. The maximum Gasteiger partial charge on any atom is 0.138 e. The van der Waals surface area contributed by atoms with Gasteiger partial charge in [0, 0.05) is 18.3 Å². The second kappa shape index (κ2) is 7.23. The standard InChI is InChI=1S/C18H24N2O/c1-5-19-10-15-7-6-14(4)18(8-15)16-9-17(12-20-11-16)21-13(2)3/h6-9,11-13,19H,5,10H2,1-4H3. The number of nitrogens with zero attached hydrogens (tertiary/aromatic N) is 1. The number of benzene rings is 1. The molecule has 0 aliphatic carbocycles. The van der Waals surface area contributed by atoms with Gasteiger partial charge in [-0.15, -0.1) is 0 Å². The Labute approximate surface area is 127 Å². The molecule has 0 saturated carbocycles. The lowest BCUT2D eigenvalue weighted by atomic mass is 9.99. The molecule has 2 aromatic rings. The van der Waals surface area contributed by atoms with Crippen LogP contribution in [0.5, 0.6) is 5.75 Å². The average Bonchev–Trinajstić information content (AvgIpc) is 2.46. The van der Waals surface area contributed by atoms with Crippen LogP contribution in [0.4, 0.5) is 0 Å². The topological polar surface area (TPSA) is 34.2 Å². The molecular formula is C18H24N2O. The van der Waals surface area contributed by atoms with Gasteiger partial charge in [0.25, 0.3) is 0 Å². The molecule has 0 unspecified atom stereocenters. The maximum atomic E-state index is 5.74. The summed E-state index contributed by atoms with van der Waals surface area (Å²) in [6.45, 7) is 10.2. The Balaban J connectivity index is 2.31. The van der Waals surface area contributed by atoms with Crippen LogP contribution in [0.25, 0.3) is 11.1 Å². The number of ether oxygens (including phenoxy) is 1. The molecule has 1 aromatic heterocycles. The van der Waals surface area contributed by atoms with Crippen LogP contribution < -0.4 is 10.1 Å². The minimum Gasteiger partial charge on any atom is -0.489 e. The summed E-state index contributed by atoms with van der Waals surface area (Å²) in [7, 11) is 0. The molecule has 0 aliphatic heterocycles. The summed E-state index contributed by atoms with van der Waals surface area (Å²) in [5.41, 5.74) is 4.85. The van der Waals surface area contributed by atoms with Crippen molar-refractivity contribution in [3.8, 4) is 16.9 Å². The number of hydrogen-bond acceptors (Lipinski definition) is 3.